The molecule has 0 N–H and O–H groups in total. The lowest BCUT2D eigenvalue weighted by Gasteiger charge is -2.17. The summed E-state index contributed by atoms with van der Waals surface area (Å²) in [5, 5.41) is 11.0. The van der Waals surface area contributed by atoms with Crippen LogP contribution >= 0.6 is 0 Å². The molecule has 1 fully saturated rings. The summed E-state index contributed by atoms with van der Waals surface area (Å²) in [7, 11) is 0. The van der Waals surface area contributed by atoms with Crippen molar-refractivity contribution in [3.05, 3.63) is 34.2 Å². The molecule has 9 nitrogen and oxygen atoms in total. The van der Waals surface area contributed by atoms with E-state index in [9.17, 15) is 19.6 Å². The summed E-state index contributed by atoms with van der Waals surface area (Å²) < 4.78 is 17.2. The van der Waals surface area contributed by atoms with Crippen LogP contribution in [0, 0.1) is 5.21 Å². The van der Waals surface area contributed by atoms with Crippen molar-refractivity contribution in [2.24, 2.45) is 0 Å². The van der Waals surface area contributed by atoms with E-state index in [1.165, 1.54) is 24.6 Å². The normalized spacial score (nSPS) is 24.0. The van der Waals surface area contributed by atoms with Gasteiger partial charge in [-0.1, -0.05) is 0 Å². The van der Waals surface area contributed by atoms with E-state index in [-0.39, 0.29) is 13.0 Å². The first kappa shape index (κ1) is 16.0. The van der Waals surface area contributed by atoms with Crippen molar-refractivity contribution in [1.29, 1.82) is 0 Å². The Kier molecular flexibility index (Phi) is 4.76. The molecule has 0 amide bonds. The van der Waals surface area contributed by atoms with Gasteiger partial charge in [-0.3, -0.25) is 19.0 Å². The van der Waals surface area contributed by atoms with E-state index in [0.29, 0.717) is 4.73 Å². The quantitative estimate of drug-likeness (QED) is 0.409. The van der Waals surface area contributed by atoms with Crippen molar-refractivity contribution in [2.45, 2.75) is 38.7 Å². The fraction of sp³-hybridized carbons (Fsp3) is 0.538. The number of aromatic nitrogens is 2. The molecule has 120 valence electrons. The van der Waals surface area contributed by atoms with E-state index in [1.54, 1.807) is 0 Å². The SMILES string of the molecule is CC(=O)OC[C@H]1O[C@H](n2cc[n+]([O-])cc2=O)C[C@@H]1OC(C)=O. The van der Waals surface area contributed by atoms with Gasteiger partial charge >= 0.3 is 17.5 Å². The zero-order chi connectivity index (χ0) is 16.3. The second-order valence-corrected chi connectivity index (χ2v) is 4.85. The Hall–Kier alpha value is -2.42. The van der Waals surface area contributed by atoms with Crippen molar-refractivity contribution in [2.75, 3.05) is 6.61 Å². The average molecular weight is 312 g/mol. The van der Waals surface area contributed by atoms with Crippen LogP contribution in [0.25, 0.3) is 0 Å². The zero-order valence-corrected chi connectivity index (χ0v) is 12.1. The highest BCUT2D eigenvalue weighted by atomic mass is 16.6. The summed E-state index contributed by atoms with van der Waals surface area (Å²) in [5.41, 5.74) is -0.544. The number of nitrogens with zero attached hydrogens (tertiary/aromatic N) is 2. The van der Waals surface area contributed by atoms with E-state index in [0.717, 1.165) is 12.4 Å². The van der Waals surface area contributed by atoms with Gasteiger partial charge in [0.1, 0.15) is 25.0 Å². The predicted octanol–water partition coefficient (Wildman–Crippen LogP) is -0.736. The minimum atomic E-state index is -0.710. The van der Waals surface area contributed by atoms with E-state index in [2.05, 4.69) is 0 Å². The highest BCUT2D eigenvalue weighted by Gasteiger charge is 2.39. The molecule has 2 rings (SSSR count). The van der Waals surface area contributed by atoms with Gasteiger partial charge in [0, 0.05) is 20.3 Å². The Morgan fingerprint density at radius 2 is 2.18 bits per heavy atom. The minimum absolute atomic E-state index is 0.0904. The Morgan fingerprint density at radius 1 is 1.45 bits per heavy atom. The van der Waals surface area contributed by atoms with Gasteiger partial charge in [0.15, 0.2) is 6.20 Å². The summed E-state index contributed by atoms with van der Waals surface area (Å²) in [6, 6.07) is 0. The highest BCUT2D eigenvalue weighted by molar-refractivity contribution is 5.66. The molecular weight excluding hydrogens is 296 g/mol. The van der Waals surface area contributed by atoms with Gasteiger partial charge in [-0.2, -0.15) is 4.73 Å². The molecule has 0 spiro atoms. The van der Waals surface area contributed by atoms with Gasteiger partial charge in [-0.05, 0) is 0 Å². The summed E-state index contributed by atoms with van der Waals surface area (Å²) in [6.45, 7) is 2.42. The smallest absolute Gasteiger partial charge is 0.318 e. The Balaban J connectivity index is 2.15. The summed E-state index contributed by atoms with van der Waals surface area (Å²) >= 11 is 0. The van der Waals surface area contributed by atoms with Crippen molar-refractivity contribution in [3.8, 4) is 0 Å². The first-order valence-electron chi connectivity index (χ1n) is 6.64. The maximum Gasteiger partial charge on any atom is 0.318 e. The first-order valence-corrected chi connectivity index (χ1v) is 6.64. The number of rotatable bonds is 4. The maximum absolute atomic E-state index is 11.8. The molecule has 9 heteroatoms. The first-order chi connectivity index (χ1) is 10.4. The lowest BCUT2D eigenvalue weighted by atomic mass is 10.2. The number of esters is 2. The molecule has 3 atom stereocenters. The van der Waals surface area contributed by atoms with Crippen LogP contribution in [0.4, 0.5) is 0 Å². The molecule has 1 aromatic heterocycles. The second-order valence-electron chi connectivity index (χ2n) is 4.85. The molecule has 1 aliphatic heterocycles. The van der Waals surface area contributed by atoms with Crippen molar-refractivity contribution < 1.29 is 28.5 Å². The van der Waals surface area contributed by atoms with E-state index < -0.39 is 35.9 Å². The molecule has 0 aromatic carbocycles. The molecule has 0 unspecified atom stereocenters. The molecule has 22 heavy (non-hydrogen) atoms. The van der Waals surface area contributed by atoms with Crippen LogP contribution in [-0.4, -0.2) is 35.3 Å². The number of hydrogen-bond acceptors (Lipinski definition) is 7. The third-order valence-electron chi connectivity index (χ3n) is 3.13. The molecule has 0 bridgehead atoms. The third-order valence-corrected chi connectivity index (χ3v) is 3.13. The van der Waals surface area contributed by atoms with Gasteiger partial charge in [0.2, 0.25) is 6.20 Å². The second kappa shape index (κ2) is 6.56. The van der Waals surface area contributed by atoms with Crippen molar-refractivity contribution >= 4 is 11.9 Å². The van der Waals surface area contributed by atoms with Crippen LogP contribution in [0.2, 0.25) is 0 Å². The average Bonchev–Trinajstić information content (AvgIpc) is 2.78. The van der Waals surface area contributed by atoms with Crippen LogP contribution in [0.15, 0.2) is 23.4 Å². The predicted molar refractivity (Wildman–Crippen MR) is 70.4 cm³/mol. The van der Waals surface area contributed by atoms with Gasteiger partial charge in [0.25, 0.3) is 0 Å². The number of hydrogen-bond donors (Lipinski definition) is 0. The summed E-state index contributed by atoms with van der Waals surface area (Å²) in [5.74, 6) is -0.988. The lowest BCUT2D eigenvalue weighted by molar-refractivity contribution is -0.607. The summed E-state index contributed by atoms with van der Waals surface area (Å²) in [6.07, 6.45) is 1.50. The maximum atomic E-state index is 11.8. The van der Waals surface area contributed by atoms with Gasteiger partial charge in [-0.25, -0.2) is 0 Å². The molecule has 1 aliphatic rings. The number of carbonyl (C=O) groups is 2. The lowest BCUT2D eigenvalue weighted by Crippen LogP contribution is -2.36. The van der Waals surface area contributed by atoms with E-state index in [4.69, 9.17) is 14.2 Å². The standard InChI is InChI=1S/C13H16N2O7/c1-8(16)20-7-11-10(21-9(2)17)5-13(22-11)15-4-3-14(19)6-12(15)18/h3-4,6,10-11,13H,5,7H2,1-2H3/t10-,11+,13-/m0/s1. The minimum Gasteiger partial charge on any atom is -0.619 e. The molecule has 1 saturated heterocycles. The Morgan fingerprint density at radius 3 is 2.77 bits per heavy atom. The molecular formula is C13H16N2O7. The van der Waals surface area contributed by atoms with Crippen LogP contribution < -0.4 is 10.3 Å². The van der Waals surface area contributed by atoms with Gasteiger partial charge < -0.3 is 19.4 Å². The molecule has 0 radical (unpaired) electrons. The molecule has 0 aliphatic carbocycles. The summed E-state index contributed by atoms with van der Waals surface area (Å²) in [4.78, 5) is 33.8. The monoisotopic (exact) mass is 312 g/mol. The fourth-order valence-corrected chi connectivity index (χ4v) is 2.23. The fourth-order valence-electron chi connectivity index (χ4n) is 2.23. The largest absolute Gasteiger partial charge is 0.619 e. The van der Waals surface area contributed by atoms with Gasteiger partial charge in [-0.15, -0.1) is 0 Å². The Bertz CT molecular complexity index is 627. The molecule has 0 saturated carbocycles. The highest BCUT2D eigenvalue weighted by Crippen LogP contribution is 2.30. The van der Waals surface area contributed by atoms with Crippen molar-refractivity contribution in [1.82, 2.24) is 4.57 Å². The molecule has 1 aromatic rings. The number of ether oxygens (including phenoxy) is 3. The van der Waals surface area contributed by atoms with Gasteiger partial charge in [0.05, 0.1) is 6.20 Å². The van der Waals surface area contributed by atoms with Crippen molar-refractivity contribution in [3.63, 3.8) is 0 Å². The Labute approximate surface area is 125 Å². The zero-order valence-electron chi connectivity index (χ0n) is 12.1. The third kappa shape index (κ3) is 3.82. The van der Waals surface area contributed by atoms with Crippen LogP contribution in [0.3, 0.4) is 0 Å². The van der Waals surface area contributed by atoms with Crippen LogP contribution in [0.1, 0.15) is 26.5 Å². The van der Waals surface area contributed by atoms with Crippen LogP contribution in [0.5, 0.6) is 0 Å². The van der Waals surface area contributed by atoms with Crippen LogP contribution in [-0.2, 0) is 23.8 Å². The topological polar surface area (TPSA) is 111 Å². The number of carbonyl (C=O) groups excluding carboxylic acids is 2. The van der Waals surface area contributed by atoms with E-state index in [1.807, 2.05) is 0 Å². The molecule has 2 heterocycles. The van der Waals surface area contributed by atoms with E-state index >= 15 is 0 Å².